The molecule has 1 aromatic heterocycles. The second-order valence-corrected chi connectivity index (χ2v) is 7.36. The van der Waals surface area contributed by atoms with E-state index in [1.54, 1.807) is 0 Å². The van der Waals surface area contributed by atoms with Gasteiger partial charge in [-0.2, -0.15) is 0 Å². The van der Waals surface area contributed by atoms with Crippen LogP contribution in [0.15, 0.2) is 12.1 Å². The second kappa shape index (κ2) is 6.53. The Balaban J connectivity index is 2.12. The van der Waals surface area contributed by atoms with Gasteiger partial charge in [0.25, 0.3) is 0 Å². The molecule has 0 bridgehead atoms. The number of hydrogen-bond acceptors (Lipinski definition) is 3. The molecule has 0 atom stereocenters. The molecule has 0 saturated carbocycles. The number of rotatable bonds is 6. The van der Waals surface area contributed by atoms with Crippen molar-refractivity contribution in [1.29, 1.82) is 0 Å². The molecule has 1 aromatic rings. The highest BCUT2D eigenvalue weighted by atomic mass is 32.1. The molecular formula is C14H26N2S. The molecule has 0 amide bonds. The first kappa shape index (κ1) is 14.7. The topological polar surface area (TPSA) is 15.3 Å². The molecule has 3 heteroatoms. The quantitative estimate of drug-likeness (QED) is 0.785. The van der Waals surface area contributed by atoms with Gasteiger partial charge in [-0.25, -0.2) is 0 Å². The molecular weight excluding hydrogens is 228 g/mol. The van der Waals surface area contributed by atoms with Crippen molar-refractivity contribution in [3.63, 3.8) is 0 Å². The SMILES string of the molecule is Cc1ccc(CNCCN(C)CC(C)(C)C)s1. The van der Waals surface area contributed by atoms with Gasteiger partial charge in [-0.05, 0) is 31.5 Å². The molecule has 1 rings (SSSR count). The highest BCUT2D eigenvalue weighted by Gasteiger charge is 2.12. The number of nitrogens with zero attached hydrogens (tertiary/aromatic N) is 1. The fraction of sp³-hybridized carbons (Fsp3) is 0.714. The summed E-state index contributed by atoms with van der Waals surface area (Å²) in [6.07, 6.45) is 0. The monoisotopic (exact) mass is 254 g/mol. The minimum Gasteiger partial charge on any atom is -0.311 e. The van der Waals surface area contributed by atoms with Crippen molar-refractivity contribution in [3.05, 3.63) is 21.9 Å². The lowest BCUT2D eigenvalue weighted by Crippen LogP contribution is -2.34. The van der Waals surface area contributed by atoms with Crippen molar-refractivity contribution in [2.45, 2.75) is 34.2 Å². The van der Waals surface area contributed by atoms with Crippen LogP contribution in [0.4, 0.5) is 0 Å². The highest BCUT2D eigenvalue weighted by Crippen LogP contribution is 2.15. The van der Waals surface area contributed by atoms with Crippen molar-refractivity contribution in [1.82, 2.24) is 10.2 Å². The van der Waals surface area contributed by atoms with Gasteiger partial charge in [-0.15, -0.1) is 11.3 Å². The minimum absolute atomic E-state index is 0.389. The lowest BCUT2D eigenvalue weighted by molar-refractivity contribution is 0.227. The molecule has 0 aliphatic rings. The first-order chi connectivity index (χ1) is 7.87. The van der Waals surface area contributed by atoms with Gasteiger partial charge in [-0.1, -0.05) is 20.8 Å². The van der Waals surface area contributed by atoms with Crippen molar-refractivity contribution in [2.24, 2.45) is 5.41 Å². The van der Waals surface area contributed by atoms with Crippen LogP contribution in [-0.2, 0) is 6.54 Å². The average molecular weight is 254 g/mol. The Kier molecular flexibility index (Phi) is 5.63. The van der Waals surface area contributed by atoms with E-state index in [0.29, 0.717) is 5.41 Å². The zero-order chi connectivity index (χ0) is 12.9. The maximum atomic E-state index is 3.50. The number of hydrogen-bond donors (Lipinski definition) is 1. The van der Waals surface area contributed by atoms with Crippen LogP contribution in [0.1, 0.15) is 30.5 Å². The summed E-state index contributed by atoms with van der Waals surface area (Å²) in [4.78, 5) is 5.22. The average Bonchev–Trinajstić information content (AvgIpc) is 2.56. The van der Waals surface area contributed by atoms with Gasteiger partial charge in [-0.3, -0.25) is 0 Å². The molecule has 0 saturated heterocycles. The summed E-state index contributed by atoms with van der Waals surface area (Å²) in [5.74, 6) is 0. The number of nitrogens with one attached hydrogen (secondary N) is 1. The third-order valence-electron chi connectivity index (χ3n) is 2.51. The Labute approximate surface area is 110 Å². The summed E-state index contributed by atoms with van der Waals surface area (Å²) in [6, 6.07) is 4.40. The molecule has 0 spiro atoms. The summed E-state index contributed by atoms with van der Waals surface area (Å²) >= 11 is 1.88. The van der Waals surface area contributed by atoms with Crippen LogP contribution in [0.3, 0.4) is 0 Å². The van der Waals surface area contributed by atoms with Gasteiger partial charge < -0.3 is 10.2 Å². The Morgan fingerprint density at radius 3 is 2.53 bits per heavy atom. The van der Waals surface area contributed by atoms with E-state index in [4.69, 9.17) is 0 Å². The van der Waals surface area contributed by atoms with Gasteiger partial charge in [0.1, 0.15) is 0 Å². The fourth-order valence-electron chi connectivity index (χ4n) is 1.95. The largest absolute Gasteiger partial charge is 0.311 e. The zero-order valence-corrected chi connectivity index (χ0v) is 12.7. The standard InChI is InChI=1S/C14H26N2S/c1-12-6-7-13(17-12)10-15-8-9-16(5)11-14(2,3)4/h6-7,15H,8-11H2,1-5H3. The van der Waals surface area contributed by atoms with Gasteiger partial charge in [0.2, 0.25) is 0 Å². The van der Waals surface area contributed by atoms with E-state index in [1.807, 2.05) is 11.3 Å². The third-order valence-corrected chi connectivity index (χ3v) is 3.51. The predicted octanol–water partition coefficient (Wildman–Crippen LogP) is 3.12. The van der Waals surface area contributed by atoms with Gasteiger partial charge in [0.05, 0.1) is 0 Å². The highest BCUT2D eigenvalue weighted by molar-refractivity contribution is 7.11. The van der Waals surface area contributed by atoms with E-state index in [1.165, 1.54) is 9.75 Å². The molecule has 98 valence electrons. The van der Waals surface area contributed by atoms with E-state index in [2.05, 4.69) is 57.1 Å². The van der Waals surface area contributed by atoms with E-state index in [0.717, 1.165) is 26.2 Å². The van der Waals surface area contributed by atoms with Crippen molar-refractivity contribution < 1.29 is 0 Å². The van der Waals surface area contributed by atoms with Crippen LogP contribution >= 0.6 is 11.3 Å². The molecule has 1 heterocycles. The zero-order valence-electron chi connectivity index (χ0n) is 11.8. The van der Waals surface area contributed by atoms with Crippen LogP contribution in [0.2, 0.25) is 0 Å². The third kappa shape index (κ3) is 6.81. The van der Waals surface area contributed by atoms with Crippen LogP contribution in [0.5, 0.6) is 0 Å². The predicted molar refractivity (Wildman–Crippen MR) is 77.7 cm³/mol. The van der Waals surface area contributed by atoms with E-state index in [9.17, 15) is 0 Å². The Bertz CT molecular complexity index is 325. The molecule has 0 aliphatic heterocycles. The summed E-state index contributed by atoms with van der Waals surface area (Å²) in [6.45, 7) is 13.3. The molecule has 0 aromatic carbocycles. The number of aryl methyl sites for hydroxylation is 1. The summed E-state index contributed by atoms with van der Waals surface area (Å²) in [7, 11) is 2.20. The number of likely N-dealkylation sites (N-methyl/N-ethyl adjacent to an activating group) is 1. The fourth-order valence-corrected chi connectivity index (χ4v) is 2.81. The maximum Gasteiger partial charge on any atom is 0.0300 e. The first-order valence-electron chi connectivity index (χ1n) is 6.31. The summed E-state index contributed by atoms with van der Waals surface area (Å²) in [5.41, 5.74) is 0.389. The molecule has 0 radical (unpaired) electrons. The molecule has 1 N–H and O–H groups in total. The molecule has 2 nitrogen and oxygen atoms in total. The summed E-state index contributed by atoms with van der Waals surface area (Å²) < 4.78 is 0. The minimum atomic E-state index is 0.389. The van der Waals surface area contributed by atoms with Crippen LogP contribution in [-0.4, -0.2) is 31.6 Å². The Morgan fingerprint density at radius 1 is 1.29 bits per heavy atom. The number of thiophene rings is 1. The van der Waals surface area contributed by atoms with Crippen molar-refractivity contribution in [3.8, 4) is 0 Å². The van der Waals surface area contributed by atoms with E-state index in [-0.39, 0.29) is 0 Å². The van der Waals surface area contributed by atoms with Crippen molar-refractivity contribution >= 4 is 11.3 Å². The van der Waals surface area contributed by atoms with E-state index >= 15 is 0 Å². The molecule has 0 aliphatic carbocycles. The van der Waals surface area contributed by atoms with Gasteiger partial charge >= 0.3 is 0 Å². The Morgan fingerprint density at radius 2 is 2.00 bits per heavy atom. The van der Waals surface area contributed by atoms with Crippen LogP contribution in [0.25, 0.3) is 0 Å². The van der Waals surface area contributed by atoms with Crippen molar-refractivity contribution in [2.75, 3.05) is 26.7 Å². The Hall–Kier alpha value is -0.380. The second-order valence-electron chi connectivity index (χ2n) is 5.99. The molecule has 0 fully saturated rings. The smallest absolute Gasteiger partial charge is 0.0300 e. The van der Waals surface area contributed by atoms with E-state index < -0.39 is 0 Å². The van der Waals surface area contributed by atoms with Crippen LogP contribution in [0, 0.1) is 12.3 Å². The lowest BCUT2D eigenvalue weighted by Gasteiger charge is -2.26. The lowest BCUT2D eigenvalue weighted by atomic mass is 9.96. The first-order valence-corrected chi connectivity index (χ1v) is 7.13. The normalized spacial score (nSPS) is 12.4. The molecule has 0 unspecified atom stereocenters. The van der Waals surface area contributed by atoms with Gasteiger partial charge in [0, 0.05) is 35.9 Å². The van der Waals surface area contributed by atoms with Crippen LogP contribution < -0.4 is 5.32 Å². The summed E-state index contributed by atoms with van der Waals surface area (Å²) in [5, 5.41) is 3.50. The molecule has 17 heavy (non-hydrogen) atoms. The van der Waals surface area contributed by atoms with Gasteiger partial charge in [0.15, 0.2) is 0 Å². The maximum absolute atomic E-state index is 3.50.